The van der Waals surface area contributed by atoms with Crippen molar-refractivity contribution in [2.45, 2.75) is 33.3 Å². The highest BCUT2D eigenvalue weighted by atomic mass is 79.9. The highest BCUT2D eigenvalue weighted by Crippen LogP contribution is 2.15. The predicted octanol–water partition coefficient (Wildman–Crippen LogP) is 2.89. The van der Waals surface area contributed by atoms with Gasteiger partial charge in [0.1, 0.15) is 0 Å². The Kier molecular flexibility index (Phi) is 5.82. The number of hydrogen-bond donors (Lipinski definition) is 2. The van der Waals surface area contributed by atoms with Gasteiger partial charge in [0.05, 0.1) is 6.10 Å². The van der Waals surface area contributed by atoms with Crippen LogP contribution >= 0.6 is 15.9 Å². The maximum atomic E-state index is 11.9. The normalized spacial score (nSPS) is 14.1. The molecule has 1 amide bonds. The first-order valence-corrected chi connectivity index (χ1v) is 6.91. The molecule has 3 nitrogen and oxygen atoms in total. The first-order chi connectivity index (χ1) is 8.38. The SMILES string of the molecule is Cc1cc(Br)cc(C(=O)NCC(C)CC(C)O)c1. The number of aliphatic hydroxyl groups is 1. The number of carbonyl (C=O) groups excluding carboxylic acids is 1. The number of carbonyl (C=O) groups is 1. The molecule has 0 saturated carbocycles. The third-order valence-electron chi connectivity index (χ3n) is 2.66. The molecule has 4 heteroatoms. The van der Waals surface area contributed by atoms with Crippen molar-refractivity contribution in [3.05, 3.63) is 33.8 Å². The molecule has 2 atom stereocenters. The summed E-state index contributed by atoms with van der Waals surface area (Å²) in [5, 5.41) is 12.1. The third-order valence-corrected chi connectivity index (χ3v) is 3.12. The lowest BCUT2D eigenvalue weighted by molar-refractivity contribution is 0.0939. The molecule has 2 N–H and O–H groups in total. The lowest BCUT2D eigenvalue weighted by Gasteiger charge is -2.14. The van der Waals surface area contributed by atoms with Crippen LogP contribution in [0, 0.1) is 12.8 Å². The lowest BCUT2D eigenvalue weighted by Crippen LogP contribution is -2.29. The fourth-order valence-electron chi connectivity index (χ4n) is 1.90. The molecule has 1 aromatic rings. The Hall–Kier alpha value is -0.870. The van der Waals surface area contributed by atoms with Crippen LogP contribution in [0.15, 0.2) is 22.7 Å². The van der Waals surface area contributed by atoms with Crippen molar-refractivity contribution < 1.29 is 9.90 Å². The lowest BCUT2D eigenvalue weighted by atomic mass is 10.0. The average molecular weight is 314 g/mol. The minimum Gasteiger partial charge on any atom is -0.393 e. The molecule has 1 rings (SSSR count). The molecule has 0 aliphatic rings. The van der Waals surface area contributed by atoms with Gasteiger partial charge in [0, 0.05) is 16.6 Å². The van der Waals surface area contributed by atoms with E-state index in [9.17, 15) is 9.90 Å². The Morgan fingerprint density at radius 3 is 2.61 bits per heavy atom. The third kappa shape index (κ3) is 5.19. The van der Waals surface area contributed by atoms with Crippen LogP contribution in [0.4, 0.5) is 0 Å². The molecule has 0 saturated heterocycles. The van der Waals surface area contributed by atoms with Gasteiger partial charge in [-0.1, -0.05) is 22.9 Å². The van der Waals surface area contributed by atoms with Gasteiger partial charge < -0.3 is 10.4 Å². The maximum absolute atomic E-state index is 11.9. The van der Waals surface area contributed by atoms with Gasteiger partial charge in [-0.2, -0.15) is 0 Å². The zero-order chi connectivity index (χ0) is 13.7. The minimum absolute atomic E-state index is 0.0724. The summed E-state index contributed by atoms with van der Waals surface area (Å²) in [4.78, 5) is 11.9. The Balaban J connectivity index is 2.55. The van der Waals surface area contributed by atoms with Crippen LogP contribution in [0.2, 0.25) is 0 Å². The molecular formula is C14H20BrNO2. The Labute approximate surface area is 117 Å². The summed E-state index contributed by atoms with van der Waals surface area (Å²) in [6.07, 6.45) is 0.364. The highest BCUT2D eigenvalue weighted by molar-refractivity contribution is 9.10. The second-order valence-corrected chi connectivity index (χ2v) is 5.83. The molecule has 0 aromatic heterocycles. The first-order valence-electron chi connectivity index (χ1n) is 6.12. The van der Waals surface area contributed by atoms with E-state index >= 15 is 0 Å². The van der Waals surface area contributed by atoms with Crippen LogP contribution in [-0.2, 0) is 0 Å². The molecule has 18 heavy (non-hydrogen) atoms. The molecule has 0 radical (unpaired) electrons. The van der Waals surface area contributed by atoms with Gasteiger partial charge in [-0.15, -0.1) is 0 Å². The summed E-state index contributed by atoms with van der Waals surface area (Å²) < 4.78 is 0.907. The van der Waals surface area contributed by atoms with Crippen LogP contribution in [0.5, 0.6) is 0 Å². The van der Waals surface area contributed by atoms with Crippen LogP contribution in [0.25, 0.3) is 0 Å². The van der Waals surface area contributed by atoms with Gasteiger partial charge in [-0.05, 0) is 49.9 Å². The largest absolute Gasteiger partial charge is 0.393 e. The number of aliphatic hydroxyl groups excluding tert-OH is 1. The van der Waals surface area contributed by atoms with Crippen molar-refractivity contribution in [1.82, 2.24) is 5.32 Å². The Bertz CT molecular complexity index is 398. The molecule has 0 aliphatic carbocycles. The molecule has 0 aliphatic heterocycles. The molecule has 1 aromatic carbocycles. The maximum Gasteiger partial charge on any atom is 0.251 e. The monoisotopic (exact) mass is 313 g/mol. The van der Waals surface area contributed by atoms with Crippen molar-refractivity contribution in [2.75, 3.05) is 6.54 Å². The van der Waals surface area contributed by atoms with Crippen LogP contribution in [0.1, 0.15) is 36.2 Å². The standard InChI is InChI=1S/C14H20BrNO2/c1-9-5-12(7-13(15)6-9)14(18)16-8-10(2)4-11(3)17/h5-7,10-11,17H,4,8H2,1-3H3,(H,16,18). The number of hydrogen-bond acceptors (Lipinski definition) is 2. The van der Waals surface area contributed by atoms with Gasteiger partial charge in [0.15, 0.2) is 0 Å². The average Bonchev–Trinajstić information content (AvgIpc) is 2.23. The van der Waals surface area contributed by atoms with Gasteiger partial charge in [-0.25, -0.2) is 0 Å². The summed E-state index contributed by atoms with van der Waals surface area (Å²) in [5.74, 6) is 0.194. The zero-order valence-electron chi connectivity index (χ0n) is 11.0. The van der Waals surface area contributed by atoms with E-state index in [0.717, 1.165) is 10.0 Å². The second kappa shape index (κ2) is 6.90. The van der Waals surface area contributed by atoms with E-state index in [4.69, 9.17) is 0 Å². The molecule has 0 spiro atoms. The number of amides is 1. The quantitative estimate of drug-likeness (QED) is 0.878. The number of halogens is 1. The van der Waals surface area contributed by atoms with Crippen molar-refractivity contribution in [3.63, 3.8) is 0 Å². The van der Waals surface area contributed by atoms with Crippen LogP contribution in [-0.4, -0.2) is 23.7 Å². The first kappa shape index (κ1) is 15.2. The fraction of sp³-hybridized carbons (Fsp3) is 0.500. The molecule has 100 valence electrons. The smallest absolute Gasteiger partial charge is 0.251 e. The zero-order valence-corrected chi connectivity index (χ0v) is 12.6. The van der Waals surface area contributed by atoms with Gasteiger partial charge >= 0.3 is 0 Å². The topological polar surface area (TPSA) is 49.3 Å². The number of rotatable bonds is 5. The summed E-state index contributed by atoms with van der Waals surface area (Å²) in [6, 6.07) is 5.63. The summed E-state index contributed by atoms with van der Waals surface area (Å²) >= 11 is 3.38. The predicted molar refractivity (Wildman–Crippen MR) is 76.7 cm³/mol. The molecule has 0 heterocycles. The van der Waals surface area contributed by atoms with Crippen LogP contribution < -0.4 is 5.32 Å². The summed E-state index contributed by atoms with van der Waals surface area (Å²) in [6.45, 7) is 6.31. The van der Waals surface area contributed by atoms with Gasteiger partial charge in [-0.3, -0.25) is 4.79 Å². The second-order valence-electron chi connectivity index (χ2n) is 4.92. The molecule has 2 unspecified atom stereocenters. The van der Waals surface area contributed by atoms with E-state index in [1.807, 2.05) is 32.0 Å². The van der Waals surface area contributed by atoms with Crippen molar-refractivity contribution in [2.24, 2.45) is 5.92 Å². The summed E-state index contributed by atoms with van der Waals surface area (Å²) in [5.41, 5.74) is 1.71. The summed E-state index contributed by atoms with van der Waals surface area (Å²) in [7, 11) is 0. The molecular weight excluding hydrogens is 294 g/mol. The van der Waals surface area contributed by atoms with Crippen molar-refractivity contribution >= 4 is 21.8 Å². The minimum atomic E-state index is -0.329. The van der Waals surface area contributed by atoms with E-state index in [1.54, 1.807) is 6.92 Å². The van der Waals surface area contributed by atoms with Crippen molar-refractivity contribution in [3.8, 4) is 0 Å². The fourth-order valence-corrected chi connectivity index (χ4v) is 2.51. The molecule has 0 fully saturated rings. The van der Waals surface area contributed by atoms with Gasteiger partial charge in [0.2, 0.25) is 0 Å². The van der Waals surface area contributed by atoms with Crippen LogP contribution in [0.3, 0.4) is 0 Å². The number of nitrogens with one attached hydrogen (secondary N) is 1. The molecule has 0 bridgehead atoms. The van der Waals surface area contributed by atoms with E-state index in [2.05, 4.69) is 21.2 Å². The Morgan fingerprint density at radius 1 is 1.39 bits per heavy atom. The highest BCUT2D eigenvalue weighted by Gasteiger charge is 2.10. The number of aryl methyl sites for hydroxylation is 1. The van der Waals surface area contributed by atoms with E-state index in [-0.39, 0.29) is 17.9 Å². The van der Waals surface area contributed by atoms with E-state index in [0.29, 0.717) is 18.5 Å². The van der Waals surface area contributed by atoms with E-state index < -0.39 is 0 Å². The van der Waals surface area contributed by atoms with Crippen molar-refractivity contribution in [1.29, 1.82) is 0 Å². The van der Waals surface area contributed by atoms with E-state index in [1.165, 1.54) is 0 Å². The Morgan fingerprint density at radius 2 is 2.06 bits per heavy atom. The van der Waals surface area contributed by atoms with Gasteiger partial charge in [0.25, 0.3) is 5.91 Å². The number of benzene rings is 1.